The minimum atomic E-state index is -1.10. The summed E-state index contributed by atoms with van der Waals surface area (Å²) in [6, 6.07) is 1.78. The first-order valence-electron chi connectivity index (χ1n) is 5.51. The predicted molar refractivity (Wildman–Crippen MR) is 80.9 cm³/mol. The van der Waals surface area contributed by atoms with Crippen molar-refractivity contribution in [2.75, 3.05) is 19.0 Å². The summed E-state index contributed by atoms with van der Waals surface area (Å²) >= 11 is 8.14. The molecule has 2 heterocycles. The van der Waals surface area contributed by atoms with E-state index in [2.05, 4.69) is 31.9 Å². The van der Waals surface area contributed by atoms with Crippen molar-refractivity contribution >= 4 is 59.8 Å². The van der Waals surface area contributed by atoms with Crippen LogP contribution in [0, 0.1) is 0 Å². The summed E-state index contributed by atoms with van der Waals surface area (Å²) in [5.74, 6) is 0.0422. The maximum absolute atomic E-state index is 12.1. The molecule has 1 aromatic rings. The number of ether oxygens (including phenoxy) is 1. The molecular formula is C11H12Br2O3S2. The van der Waals surface area contributed by atoms with Gasteiger partial charge in [0.05, 0.1) is 13.3 Å². The van der Waals surface area contributed by atoms with Crippen LogP contribution in [0.1, 0.15) is 23.2 Å². The average Bonchev–Trinajstić information content (AvgIpc) is 2.69. The second-order valence-electron chi connectivity index (χ2n) is 4.00. The molecular weight excluding hydrogens is 404 g/mol. The van der Waals surface area contributed by atoms with E-state index < -0.39 is 10.8 Å². The lowest BCUT2D eigenvalue weighted by molar-refractivity contribution is 0.0980. The van der Waals surface area contributed by atoms with Gasteiger partial charge in [0.15, 0.2) is 5.78 Å². The number of ketones is 1. The zero-order valence-electron chi connectivity index (χ0n) is 9.49. The fourth-order valence-electron chi connectivity index (χ4n) is 1.79. The first-order chi connectivity index (χ1) is 8.58. The summed E-state index contributed by atoms with van der Waals surface area (Å²) < 4.78 is 19.0. The number of Topliss-reactive ketones (excluding diaryl/α,β-unsaturated/α-hetero) is 1. The van der Waals surface area contributed by atoms with Gasteiger partial charge in [0.2, 0.25) is 0 Å². The highest BCUT2D eigenvalue weighted by Crippen LogP contribution is 2.32. The molecule has 1 aromatic heterocycles. The first-order valence-corrected chi connectivity index (χ1v) is 9.29. The fraction of sp³-hybridized carbons (Fsp3) is 0.545. The summed E-state index contributed by atoms with van der Waals surface area (Å²) in [6.07, 6.45) is 1.57. The Hall–Kier alpha value is 0.440. The Bertz CT molecular complexity index is 467. The second kappa shape index (κ2) is 6.74. The van der Waals surface area contributed by atoms with Crippen LogP contribution < -0.4 is 0 Å². The Labute approximate surface area is 129 Å². The highest BCUT2D eigenvalue weighted by molar-refractivity contribution is 9.12. The smallest absolute Gasteiger partial charge is 0.177 e. The van der Waals surface area contributed by atoms with Crippen molar-refractivity contribution < 1.29 is 13.7 Å². The van der Waals surface area contributed by atoms with Gasteiger partial charge in [0, 0.05) is 34.8 Å². The van der Waals surface area contributed by atoms with Gasteiger partial charge in [-0.2, -0.15) is 0 Å². The van der Waals surface area contributed by atoms with E-state index in [1.165, 1.54) is 11.3 Å². The molecule has 1 saturated heterocycles. The zero-order chi connectivity index (χ0) is 13.1. The molecule has 1 atom stereocenters. The average molecular weight is 416 g/mol. The molecule has 7 heteroatoms. The molecule has 3 nitrogen and oxygen atoms in total. The van der Waals surface area contributed by atoms with E-state index in [9.17, 15) is 9.00 Å². The summed E-state index contributed by atoms with van der Waals surface area (Å²) in [6.45, 7) is 1.30. The number of carbonyl (C=O) groups excluding carboxylic acids is 1. The quantitative estimate of drug-likeness (QED) is 0.708. The van der Waals surface area contributed by atoms with Crippen molar-refractivity contribution in [3.8, 4) is 0 Å². The van der Waals surface area contributed by atoms with E-state index in [0.29, 0.717) is 18.8 Å². The van der Waals surface area contributed by atoms with Crippen molar-refractivity contribution in [1.82, 2.24) is 0 Å². The van der Waals surface area contributed by atoms with Gasteiger partial charge in [-0.15, -0.1) is 11.3 Å². The first kappa shape index (κ1) is 14.8. The van der Waals surface area contributed by atoms with Gasteiger partial charge in [0.25, 0.3) is 0 Å². The van der Waals surface area contributed by atoms with Crippen LogP contribution in [-0.4, -0.2) is 34.2 Å². The van der Waals surface area contributed by atoms with Crippen LogP contribution in [0.15, 0.2) is 13.6 Å². The van der Waals surface area contributed by atoms with Gasteiger partial charge >= 0.3 is 0 Å². The van der Waals surface area contributed by atoms with Gasteiger partial charge in [-0.05, 0) is 50.8 Å². The highest BCUT2D eigenvalue weighted by atomic mass is 79.9. The molecule has 0 radical (unpaired) electrons. The third kappa shape index (κ3) is 3.72. The summed E-state index contributed by atoms with van der Waals surface area (Å²) in [5, 5.41) is 0.101. The molecule has 0 saturated carbocycles. The molecule has 18 heavy (non-hydrogen) atoms. The molecule has 0 aliphatic carbocycles. The van der Waals surface area contributed by atoms with Gasteiger partial charge < -0.3 is 4.74 Å². The maximum atomic E-state index is 12.1. The van der Waals surface area contributed by atoms with Gasteiger partial charge in [-0.3, -0.25) is 9.00 Å². The maximum Gasteiger partial charge on any atom is 0.177 e. The standard InChI is InChI=1S/C11H12Br2O3S2/c12-10-5-8(11(13)17-10)9(14)6-18(15)7-1-3-16-4-2-7/h5,7H,1-4,6H2. The zero-order valence-corrected chi connectivity index (χ0v) is 14.3. The summed E-state index contributed by atoms with van der Waals surface area (Å²) in [4.78, 5) is 12.1. The molecule has 1 fully saturated rings. The molecule has 2 rings (SSSR count). The predicted octanol–water partition coefficient (Wildman–Crippen LogP) is 3.38. The van der Waals surface area contributed by atoms with E-state index >= 15 is 0 Å². The molecule has 0 amide bonds. The van der Waals surface area contributed by atoms with Gasteiger partial charge in [-0.25, -0.2) is 0 Å². The normalized spacial score (nSPS) is 18.8. The number of halogens is 2. The monoisotopic (exact) mass is 414 g/mol. The Kier molecular flexibility index (Phi) is 5.56. The van der Waals surface area contributed by atoms with Crippen LogP contribution in [0.5, 0.6) is 0 Å². The van der Waals surface area contributed by atoms with E-state index in [-0.39, 0.29) is 16.8 Å². The van der Waals surface area contributed by atoms with Crippen LogP contribution in [0.3, 0.4) is 0 Å². The molecule has 1 unspecified atom stereocenters. The van der Waals surface area contributed by atoms with E-state index in [4.69, 9.17) is 4.74 Å². The number of hydrogen-bond acceptors (Lipinski definition) is 4. The molecule has 0 N–H and O–H groups in total. The van der Waals surface area contributed by atoms with Crippen molar-refractivity contribution in [1.29, 1.82) is 0 Å². The van der Waals surface area contributed by atoms with Crippen LogP contribution >= 0.6 is 43.2 Å². The Morgan fingerprint density at radius 3 is 2.67 bits per heavy atom. The van der Waals surface area contributed by atoms with Gasteiger partial charge in [0.1, 0.15) is 0 Å². The molecule has 0 aromatic carbocycles. The number of hydrogen-bond donors (Lipinski definition) is 0. The van der Waals surface area contributed by atoms with E-state index in [1.807, 2.05) is 0 Å². The lowest BCUT2D eigenvalue weighted by Crippen LogP contribution is -2.28. The van der Waals surface area contributed by atoms with Crippen LogP contribution in [0.25, 0.3) is 0 Å². The molecule has 0 spiro atoms. The molecule has 1 aliphatic rings. The van der Waals surface area contributed by atoms with Crippen molar-refractivity contribution in [2.45, 2.75) is 18.1 Å². The Morgan fingerprint density at radius 2 is 2.11 bits per heavy atom. The number of rotatable bonds is 4. The Morgan fingerprint density at radius 1 is 1.44 bits per heavy atom. The third-order valence-electron chi connectivity index (χ3n) is 2.77. The SMILES string of the molecule is O=C(CS(=O)C1CCOCC1)c1cc(Br)sc1Br. The van der Waals surface area contributed by atoms with Crippen molar-refractivity contribution in [3.63, 3.8) is 0 Å². The summed E-state index contributed by atoms with van der Waals surface area (Å²) in [7, 11) is -1.10. The topological polar surface area (TPSA) is 43.4 Å². The highest BCUT2D eigenvalue weighted by Gasteiger charge is 2.24. The van der Waals surface area contributed by atoms with Crippen molar-refractivity contribution in [3.05, 3.63) is 19.2 Å². The minimum Gasteiger partial charge on any atom is -0.381 e. The van der Waals surface area contributed by atoms with E-state index in [0.717, 1.165) is 20.4 Å². The van der Waals surface area contributed by atoms with Crippen LogP contribution in [0.4, 0.5) is 0 Å². The number of thiophene rings is 1. The fourth-order valence-corrected chi connectivity index (χ4v) is 6.02. The second-order valence-corrected chi connectivity index (χ2v) is 9.46. The van der Waals surface area contributed by atoms with E-state index in [1.54, 1.807) is 6.07 Å². The molecule has 0 bridgehead atoms. The number of carbonyl (C=O) groups is 1. The Balaban J connectivity index is 1.98. The lowest BCUT2D eigenvalue weighted by Gasteiger charge is -2.20. The minimum absolute atomic E-state index is 0.0614. The van der Waals surface area contributed by atoms with Gasteiger partial charge in [-0.1, -0.05) is 0 Å². The van der Waals surface area contributed by atoms with Crippen LogP contribution in [-0.2, 0) is 15.5 Å². The van der Waals surface area contributed by atoms with Crippen molar-refractivity contribution in [2.24, 2.45) is 0 Å². The lowest BCUT2D eigenvalue weighted by atomic mass is 10.2. The molecule has 1 aliphatic heterocycles. The molecule has 100 valence electrons. The van der Waals surface area contributed by atoms with Crippen LogP contribution in [0.2, 0.25) is 0 Å². The third-order valence-corrected chi connectivity index (χ3v) is 6.87. The summed E-state index contributed by atoms with van der Waals surface area (Å²) in [5.41, 5.74) is 0.618. The largest absolute Gasteiger partial charge is 0.381 e.